The second-order valence-corrected chi connectivity index (χ2v) is 36.0. The lowest BCUT2D eigenvalue weighted by Crippen LogP contribution is -2.59. The van der Waals surface area contributed by atoms with Crippen LogP contribution in [0.4, 0.5) is 5.69 Å². The first-order chi connectivity index (χ1) is 67.7. The Balaban J connectivity index is 0.704. The SMILES string of the molecule is N=C(N)NCCCC(CC(=O)CCC(=O)CN)C(=O)CC(CCCCNC(=O)CCC(=O)N1Cc2ccccc2C#Cc2ccccc21)C(=O)CC(CCCNC(=N)N)C(=O)CCC(=O)CCC(=O)CC(Cc1c[nH]c2ccccc12)C(=O)NC(Cc1c[nH]c2ccccc12)C(=O)NC(Cc1c[nH]c2ccccc12)C(=O)NC(Cc1c[nH]c2ccccc12)C(=O)NC(Cc1c[nH]c2ccccc12)C(N)=O. The number of Topliss-reactive ketones (excluding diaryl/α,β-unsaturated/α-hetero) is 7. The first-order valence-electron chi connectivity index (χ1n) is 47.7. The Kier molecular flexibility index (Phi) is 36.2. The molecule has 0 radical (unpaired) electrons. The molecule has 33 heteroatoms. The van der Waals surface area contributed by atoms with Gasteiger partial charge in [0, 0.05) is 243 Å². The van der Waals surface area contributed by atoms with Crippen molar-refractivity contribution in [2.75, 3.05) is 31.1 Å². The molecule has 0 saturated heterocycles. The van der Waals surface area contributed by atoms with Crippen LogP contribution in [0.3, 0.4) is 0 Å². The molecule has 12 aromatic rings. The third kappa shape index (κ3) is 28.5. The molecule has 33 nitrogen and oxygen atoms in total. The second kappa shape index (κ2) is 49.9. The number of fused-ring (bicyclic) bond motifs is 7. The van der Waals surface area contributed by atoms with E-state index in [0.717, 1.165) is 65.6 Å². The molecule has 5 aromatic heterocycles. The van der Waals surface area contributed by atoms with Gasteiger partial charge in [0.25, 0.3) is 0 Å². The van der Waals surface area contributed by atoms with Gasteiger partial charge in [-0.15, -0.1) is 0 Å². The van der Waals surface area contributed by atoms with Crippen LogP contribution in [-0.4, -0.2) is 169 Å². The van der Waals surface area contributed by atoms with E-state index in [4.69, 9.17) is 33.8 Å². The van der Waals surface area contributed by atoms with Crippen molar-refractivity contribution in [1.29, 1.82) is 10.8 Å². The number of para-hydroxylation sites is 6. The number of rotatable bonds is 56. The molecule has 728 valence electrons. The zero-order valence-corrected chi connectivity index (χ0v) is 78.1. The minimum absolute atomic E-state index is 0.000300. The van der Waals surface area contributed by atoms with Crippen LogP contribution in [0.1, 0.15) is 167 Å². The van der Waals surface area contributed by atoms with Gasteiger partial charge in [-0.3, -0.25) is 77.9 Å². The summed E-state index contributed by atoms with van der Waals surface area (Å²) >= 11 is 0. The number of carbonyl (C=O) groups is 14. The van der Waals surface area contributed by atoms with E-state index >= 15 is 24.0 Å². The number of guanidine groups is 2. The number of hydrogen-bond donors (Lipinski definition) is 18. The molecule has 6 heterocycles. The third-order valence-corrected chi connectivity index (χ3v) is 26.0. The molecule has 0 aliphatic carbocycles. The number of benzene rings is 7. The summed E-state index contributed by atoms with van der Waals surface area (Å²) in [6, 6.07) is 46.3. The number of carbonyl (C=O) groups excluding carboxylic acids is 14. The highest BCUT2D eigenvalue weighted by Gasteiger charge is 2.37. The maximum absolute atomic E-state index is 15.9. The minimum atomic E-state index is -1.47. The first kappa shape index (κ1) is 102. The van der Waals surface area contributed by atoms with Crippen molar-refractivity contribution in [2.24, 2.45) is 46.6 Å². The van der Waals surface area contributed by atoms with E-state index < -0.39 is 119 Å². The molecule has 1 aliphatic rings. The molecule has 7 amide bonds. The Morgan fingerprint density at radius 3 is 1.16 bits per heavy atom. The van der Waals surface area contributed by atoms with Crippen LogP contribution in [-0.2, 0) is 106 Å². The van der Waals surface area contributed by atoms with Crippen LogP contribution in [0.5, 0.6) is 0 Å². The number of ketones is 7. The summed E-state index contributed by atoms with van der Waals surface area (Å²) in [5, 5.41) is 39.4. The number of primary amides is 1. The number of unbranched alkanes of at least 4 members (excludes halogenated alkanes) is 1. The summed E-state index contributed by atoms with van der Waals surface area (Å²) in [5.41, 5.74) is 32.7. The molecule has 0 bridgehead atoms. The summed E-state index contributed by atoms with van der Waals surface area (Å²) < 4.78 is 0. The number of amides is 7. The quantitative estimate of drug-likeness (QED) is 0.00729. The number of anilines is 1. The molecule has 0 spiro atoms. The molecule has 7 aromatic carbocycles. The smallest absolute Gasteiger partial charge is 0.243 e. The van der Waals surface area contributed by atoms with Crippen LogP contribution in [0.2, 0.25) is 0 Å². The largest absolute Gasteiger partial charge is 0.370 e. The Morgan fingerprint density at radius 1 is 0.343 bits per heavy atom. The third-order valence-electron chi connectivity index (χ3n) is 26.0. The molecule has 0 saturated carbocycles. The van der Waals surface area contributed by atoms with Gasteiger partial charge in [0.15, 0.2) is 11.9 Å². The van der Waals surface area contributed by atoms with Crippen molar-refractivity contribution >= 4 is 154 Å². The predicted molar refractivity (Wildman–Crippen MR) is 536 cm³/mol. The molecular formula is C107H121N19O14. The van der Waals surface area contributed by atoms with Crippen molar-refractivity contribution in [2.45, 2.75) is 185 Å². The zero-order chi connectivity index (χ0) is 99.1. The lowest BCUT2D eigenvalue weighted by molar-refractivity contribution is -0.135. The van der Waals surface area contributed by atoms with E-state index in [1.165, 1.54) is 0 Å². The lowest BCUT2D eigenvalue weighted by Gasteiger charge is -2.27. The van der Waals surface area contributed by atoms with Crippen molar-refractivity contribution in [3.05, 3.63) is 245 Å². The number of nitrogens with one attached hydrogen (secondary N) is 14. The molecule has 22 N–H and O–H groups in total. The van der Waals surface area contributed by atoms with Crippen molar-refractivity contribution < 1.29 is 67.1 Å². The Morgan fingerprint density at radius 2 is 0.700 bits per heavy atom. The van der Waals surface area contributed by atoms with E-state index in [-0.39, 0.29) is 191 Å². The van der Waals surface area contributed by atoms with Gasteiger partial charge in [0.2, 0.25) is 41.4 Å². The summed E-state index contributed by atoms with van der Waals surface area (Å²) in [7, 11) is 0. The van der Waals surface area contributed by atoms with E-state index in [1.54, 1.807) is 35.9 Å². The molecule has 13 rings (SSSR count). The number of nitrogens with zero attached hydrogens (tertiary/aromatic N) is 1. The van der Waals surface area contributed by atoms with E-state index in [9.17, 15) is 43.2 Å². The maximum Gasteiger partial charge on any atom is 0.243 e. The first-order valence-corrected chi connectivity index (χ1v) is 47.7. The van der Waals surface area contributed by atoms with Gasteiger partial charge < -0.3 is 90.0 Å². The van der Waals surface area contributed by atoms with Gasteiger partial charge in [-0.05, 0) is 127 Å². The van der Waals surface area contributed by atoms with Gasteiger partial charge in [-0.2, -0.15) is 0 Å². The van der Waals surface area contributed by atoms with Gasteiger partial charge in [-0.1, -0.05) is 140 Å². The highest BCUT2D eigenvalue weighted by Crippen LogP contribution is 2.33. The normalized spacial score (nSPS) is 13.4. The van der Waals surface area contributed by atoms with Crippen LogP contribution in [0, 0.1) is 46.3 Å². The van der Waals surface area contributed by atoms with Crippen molar-refractivity contribution in [1.82, 2.24) is 62.1 Å². The highest BCUT2D eigenvalue weighted by molar-refractivity contribution is 6.02. The number of aromatic amines is 5. The summed E-state index contributed by atoms with van der Waals surface area (Å²) in [6.07, 6.45) is 6.26. The van der Waals surface area contributed by atoms with Crippen LogP contribution in [0.15, 0.2) is 201 Å². The molecule has 8 atom stereocenters. The number of hydrogen-bond acceptors (Lipinski definition) is 17. The topological polar surface area (TPSA) is 557 Å². The molecule has 140 heavy (non-hydrogen) atoms. The van der Waals surface area contributed by atoms with Gasteiger partial charge >= 0.3 is 0 Å². The van der Waals surface area contributed by atoms with Gasteiger partial charge in [0.05, 0.1) is 18.8 Å². The predicted octanol–water partition coefficient (Wildman–Crippen LogP) is 9.88. The Labute approximate surface area is 809 Å². The molecule has 8 unspecified atom stereocenters. The summed E-state index contributed by atoms with van der Waals surface area (Å²) in [5.74, 6) is -6.09. The summed E-state index contributed by atoms with van der Waals surface area (Å²) in [6.45, 7) is 0.428. The number of nitrogens with two attached hydrogens (primary N) is 4. The van der Waals surface area contributed by atoms with E-state index in [1.807, 2.05) is 170 Å². The van der Waals surface area contributed by atoms with Gasteiger partial charge in [-0.25, -0.2) is 0 Å². The summed E-state index contributed by atoms with van der Waals surface area (Å²) in [4.78, 5) is 220. The van der Waals surface area contributed by atoms with Crippen LogP contribution >= 0.6 is 0 Å². The van der Waals surface area contributed by atoms with E-state index in [0.29, 0.717) is 58.3 Å². The molecule has 1 aliphatic heterocycles. The standard InChI is InChI=1S/C107H121N19O14/c108-58-80(130)41-40-78(128)50-67(23-17-47-115-106(110)111)97(132)57-69(21-15-16-46-114-99(134)44-45-100(135)126-64-70-22-2-1-19-65(70)36-37-66-20-3-14-35-95(66)126)98(133)56-68(24-18-48-116-107(112)113)96(131)43-42-77(127)38-39-79(129)51-71(49-72-59-117-86-30-9-4-25-81(72)86)102(137)123-92(53-74-61-119-88-32-11-6-27-83(74)88)104(139)125-94(55-76-63-121-90-34-13-8-29-85(76)90)105(140)124-93(54-75-62-120-89-33-12-7-28-84(75)89)103(138)122-91(101(109)136)52-73-60-118-87-31-10-5-26-82(73)87/h1-14,19-20,22,25-35,59-63,67-69,71,91-94,117-121H,15-18,21,23-24,38-58,64,108H2,(H2,109,136)(H,114,134)(H,122,138)(H,123,137)(H,124,140)(H,125,139)(H4,110,111,115)(H4,112,113,116). The fourth-order valence-corrected chi connectivity index (χ4v) is 18.4. The monoisotopic (exact) mass is 1900 g/mol. The van der Waals surface area contributed by atoms with Crippen LogP contribution < -0.4 is 65.1 Å². The Hall–Kier alpha value is -15.7. The highest BCUT2D eigenvalue weighted by atomic mass is 16.2. The lowest BCUT2D eigenvalue weighted by atomic mass is 9.80. The minimum Gasteiger partial charge on any atom is -0.370 e. The fourth-order valence-electron chi connectivity index (χ4n) is 18.4. The van der Waals surface area contributed by atoms with Gasteiger partial charge in [0.1, 0.15) is 64.7 Å². The maximum atomic E-state index is 15.9. The van der Waals surface area contributed by atoms with Crippen molar-refractivity contribution in [3.8, 4) is 11.8 Å². The van der Waals surface area contributed by atoms with E-state index in [2.05, 4.69) is 74.0 Å². The average Bonchev–Trinajstić information content (AvgIpc) is 1.58. The number of H-pyrrole nitrogens is 5. The number of aromatic nitrogens is 5. The molecule has 0 fully saturated rings. The second-order valence-electron chi connectivity index (χ2n) is 36.0. The zero-order valence-electron chi connectivity index (χ0n) is 78.1. The van der Waals surface area contributed by atoms with Crippen molar-refractivity contribution in [3.63, 3.8) is 0 Å². The average molecular weight is 1900 g/mol. The molecular weight excluding hydrogens is 1780 g/mol. The van der Waals surface area contributed by atoms with Crippen LogP contribution in [0.25, 0.3) is 54.5 Å². The Bertz CT molecular complexity index is 6620. The fraction of sp³-hybridized carbons (Fsp3) is 0.346.